The third-order valence-electron chi connectivity index (χ3n) is 6.17. The highest BCUT2D eigenvalue weighted by Crippen LogP contribution is 2.41. The zero-order valence-corrected chi connectivity index (χ0v) is 19.0. The minimum Gasteiger partial charge on any atom is -0.353 e. The molecule has 1 aromatic carbocycles. The van der Waals surface area contributed by atoms with Crippen molar-refractivity contribution in [2.24, 2.45) is 5.92 Å². The molecular weight excluding hydrogens is 416 g/mol. The van der Waals surface area contributed by atoms with Crippen molar-refractivity contribution in [3.63, 3.8) is 0 Å². The number of hydrogen-bond donors (Lipinski definition) is 0. The second kappa shape index (κ2) is 7.59. The first-order valence-corrected chi connectivity index (χ1v) is 12.8. The molecule has 1 saturated heterocycles. The van der Waals surface area contributed by atoms with Crippen molar-refractivity contribution in [2.45, 2.75) is 38.0 Å². The Morgan fingerprint density at radius 1 is 1.07 bits per heavy atom. The number of sulfonamides is 1. The molecule has 2 aliphatic rings. The lowest BCUT2D eigenvalue weighted by atomic mass is 9.89. The standard InChI is InChI=1S/C22H26N4O2S2/c1-15-8-9-18-19(14-15)29-22-20(18)21(23-16(2)24-22)25-10-12-26(13-11-25)30(27,28)17-6-4-3-5-7-17/h3-7,15H,8-14H2,1-2H3/t15-/m1/s1. The molecule has 2 aromatic heterocycles. The molecule has 0 spiro atoms. The Kier molecular flexibility index (Phi) is 5.03. The Balaban J connectivity index is 1.44. The molecule has 0 bridgehead atoms. The van der Waals surface area contributed by atoms with E-state index in [-0.39, 0.29) is 0 Å². The molecule has 0 amide bonds. The van der Waals surface area contributed by atoms with Gasteiger partial charge in [0, 0.05) is 31.1 Å². The van der Waals surface area contributed by atoms with Crippen LogP contribution in [0, 0.1) is 12.8 Å². The Hall–Kier alpha value is -2.03. The molecule has 3 aromatic rings. The van der Waals surface area contributed by atoms with E-state index in [9.17, 15) is 8.42 Å². The molecule has 6 nitrogen and oxygen atoms in total. The first-order valence-electron chi connectivity index (χ1n) is 10.5. The van der Waals surface area contributed by atoms with Crippen LogP contribution < -0.4 is 4.90 Å². The lowest BCUT2D eigenvalue weighted by Gasteiger charge is -2.35. The summed E-state index contributed by atoms with van der Waals surface area (Å²) in [7, 11) is -3.45. The van der Waals surface area contributed by atoms with Crippen LogP contribution in [-0.2, 0) is 22.9 Å². The molecule has 0 radical (unpaired) electrons. The van der Waals surface area contributed by atoms with Crippen LogP contribution in [0.15, 0.2) is 35.2 Å². The molecule has 1 fully saturated rings. The molecule has 1 atom stereocenters. The third-order valence-corrected chi connectivity index (χ3v) is 9.23. The molecule has 30 heavy (non-hydrogen) atoms. The van der Waals surface area contributed by atoms with Gasteiger partial charge in [-0.05, 0) is 49.8 Å². The van der Waals surface area contributed by atoms with Crippen LogP contribution in [0.1, 0.15) is 29.6 Å². The van der Waals surface area contributed by atoms with Gasteiger partial charge in [0.15, 0.2) is 0 Å². The van der Waals surface area contributed by atoms with Crippen LogP contribution >= 0.6 is 11.3 Å². The first kappa shape index (κ1) is 19.9. The topological polar surface area (TPSA) is 66.4 Å². The molecular formula is C22H26N4O2S2. The molecule has 0 unspecified atom stereocenters. The highest BCUT2D eigenvalue weighted by molar-refractivity contribution is 7.89. The van der Waals surface area contributed by atoms with E-state index in [1.165, 1.54) is 22.2 Å². The summed E-state index contributed by atoms with van der Waals surface area (Å²) in [4.78, 5) is 14.7. The lowest BCUT2D eigenvalue weighted by molar-refractivity contribution is 0.384. The highest BCUT2D eigenvalue weighted by Gasteiger charge is 2.31. The third kappa shape index (κ3) is 3.40. The maximum atomic E-state index is 13.0. The number of aromatic nitrogens is 2. The van der Waals surface area contributed by atoms with Crippen LogP contribution in [0.4, 0.5) is 5.82 Å². The van der Waals surface area contributed by atoms with Crippen LogP contribution in [0.25, 0.3) is 10.2 Å². The van der Waals surface area contributed by atoms with E-state index in [1.807, 2.05) is 24.3 Å². The summed E-state index contributed by atoms with van der Waals surface area (Å²) < 4.78 is 27.5. The average molecular weight is 443 g/mol. The number of thiophene rings is 1. The normalized spacial score (nSPS) is 20.5. The molecule has 1 aliphatic heterocycles. The molecule has 3 heterocycles. The summed E-state index contributed by atoms with van der Waals surface area (Å²) in [5, 5.41) is 1.20. The zero-order chi connectivity index (χ0) is 20.9. The van der Waals surface area contributed by atoms with Crippen molar-refractivity contribution in [1.29, 1.82) is 0 Å². The van der Waals surface area contributed by atoms with E-state index < -0.39 is 10.0 Å². The maximum absolute atomic E-state index is 13.0. The van der Waals surface area contributed by atoms with Crippen molar-refractivity contribution >= 4 is 37.4 Å². The fourth-order valence-electron chi connectivity index (χ4n) is 4.54. The fourth-order valence-corrected chi connectivity index (χ4v) is 7.40. The Morgan fingerprint density at radius 3 is 2.53 bits per heavy atom. The summed E-state index contributed by atoms with van der Waals surface area (Å²) in [6.07, 6.45) is 3.41. The van der Waals surface area contributed by atoms with Crippen molar-refractivity contribution in [3.05, 3.63) is 46.6 Å². The smallest absolute Gasteiger partial charge is 0.243 e. The first-order chi connectivity index (χ1) is 14.4. The van der Waals surface area contributed by atoms with Gasteiger partial charge < -0.3 is 4.90 Å². The van der Waals surface area contributed by atoms with Gasteiger partial charge in [-0.2, -0.15) is 4.31 Å². The van der Waals surface area contributed by atoms with E-state index in [0.717, 1.165) is 35.2 Å². The molecule has 0 N–H and O–H groups in total. The van der Waals surface area contributed by atoms with E-state index >= 15 is 0 Å². The van der Waals surface area contributed by atoms with Crippen molar-refractivity contribution in [3.8, 4) is 0 Å². The van der Waals surface area contributed by atoms with E-state index in [4.69, 9.17) is 9.97 Å². The van der Waals surface area contributed by atoms with E-state index in [1.54, 1.807) is 28.6 Å². The monoisotopic (exact) mass is 442 g/mol. The number of hydrogen-bond acceptors (Lipinski definition) is 6. The molecule has 1 aliphatic carbocycles. The number of rotatable bonds is 3. The summed E-state index contributed by atoms with van der Waals surface area (Å²) >= 11 is 1.81. The number of aryl methyl sites for hydroxylation is 2. The molecule has 5 rings (SSSR count). The van der Waals surface area contributed by atoms with Gasteiger partial charge in [0.2, 0.25) is 10.0 Å². The predicted octanol–water partition coefficient (Wildman–Crippen LogP) is 3.64. The molecule has 158 valence electrons. The SMILES string of the molecule is Cc1nc(N2CCN(S(=O)(=O)c3ccccc3)CC2)c2c3c(sc2n1)C[C@H](C)CC3. The van der Waals surface area contributed by atoms with E-state index in [0.29, 0.717) is 31.1 Å². The number of anilines is 1. The second-order valence-electron chi connectivity index (χ2n) is 8.33. The minimum atomic E-state index is -3.45. The Morgan fingerprint density at radius 2 is 1.80 bits per heavy atom. The van der Waals surface area contributed by atoms with Gasteiger partial charge in [0.1, 0.15) is 16.5 Å². The van der Waals surface area contributed by atoms with Gasteiger partial charge in [0.25, 0.3) is 0 Å². The van der Waals surface area contributed by atoms with Gasteiger partial charge in [-0.15, -0.1) is 11.3 Å². The number of benzene rings is 1. The number of fused-ring (bicyclic) bond motifs is 3. The van der Waals surface area contributed by atoms with Gasteiger partial charge in [-0.3, -0.25) is 0 Å². The summed E-state index contributed by atoms with van der Waals surface area (Å²) in [6.45, 7) is 6.46. The van der Waals surface area contributed by atoms with Crippen LogP contribution in [-0.4, -0.2) is 48.9 Å². The maximum Gasteiger partial charge on any atom is 0.243 e. The molecule has 0 saturated carbocycles. The lowest BCUT2D eigenvalue weighted by Crippen LogP contribution is -2.49. The largest absolute Gasteiger partial charge is 0.353 e. The van der Waals surface area contributed by atoms with Gasteiger partial charge >= 0.3 is 0 Å². The van der Waals surface area contributed by atoms with Crippen molar-refractivity contribution in [1.82, 2.24) is 14.3 Å². The van der Waals surface area contributed by atoms with Crippen molar-refractivity contribution in [2.75, 3.05) is 31.1 Å². The van der Waals surface area contributed by atoms with Crippen LogP contribution in [0.5, 0.6) is 0 Å². The molecule has 8 heteroatoms. The Labute approximate surface area is 181 Å². The van der Waals surface area contributed by atoms with E-state index in [2.05, 4.69) is 11.8 Å². The van der Waals surface area contributed by atoms with Gasteiger partial charge in [-0.25, -0.2) is 18.4 Å². The number of nitrogens with zero attached hydrogens (tertiary/aromatic N) is 4. The zero-order valence-electron chi connectivity index (χ0n) is 17.3. The summed E-state index contributed by atoms with van der Waals surface area (Å²) in [6, 6.07) is 8.70. The predicted molar refractivity (Wildman–Crippen MR) is 121 cm³/mol. The van der Waals surface area contributed by atoms with Crippen LogP contribution in [0.2, 0.25) is 0 Å². The fraction of sp³-hybridized carbons (Fsp3) is 0.455. The highest BCUT2D eigenvalue weighted by atomic mass is 32.2. The van der Waals surface area contributed by atoms with Gasteiger partial charge in [0.05, 0.1) is 10.3 Å². The van der Waals surface area contributed by atoms with Crippen LogP contribution in [0.3, 0.4) is 0 Å². The quantitative estimate of drug-likeness (QED) is 0.620. The average Bonchev–Trinajstić information content (AvgIpc) is 3.10. The second-order valence-corrected chi connectivity index (χ2v) is 11.4. The van der Waals surface area contributed by atoms with Gasteiger partial charge in [-0.1, -0.05) is 25.1 Å². The van der Waals surface area contributed by atoms with Crippen molar-refractivity contribution < 1.29 is 8.42 Å². The number of piperazine rings is 1. The minimum absolute atomic E-state index is 0.361. The summed E-state index contributed by atoms with van der Waals surface area (Å²) in [5.41, 5.74) is 1.42. The summed E-state index contributed by atoms with van der Waals surface area (Å²) in [5.74, 6) is 2.49. The Bertz CT molecular complexity index is 1180.